The zero-order valence-electron chi connectivity index (χ0n) is 17.9. The third-order valence-electron chi connectivity index (χ3n) is 5.05. The van der Waals surface area contributed by atoms with Gasteiger partial charge in [-0.1, -0.05) is 33.1 Å². The van der Waals surface area contributed by atoms with Crippen molar-refractivity contribution < 1.29 is 49.3 Å². The molecule has 1 rings (SSSR count). The summed E-state index contributed by atoms with van der Waals surface area (Å²) in [6.45, 7) is 4.75. The summed E-state index contributed by atoms with van der Waals surface area (Å²) in [7, 11) is 0. The van der Waals surface area contributed by atoms with Gasteiger partial charge in [0.25, 0.3) is 0 Å². The number of carboxylic acids is 1. The van der Waals surface area contributed by atoms with E-state index in [0.29, 0.717) is 6.42 Å². The van der Waals surface area contributed by atoms with Gasteiger partial charge in [0, 0.05) is 0 Å². The molecule has 176 valence electrons. The Hall–Kier alpha value is -1.30. The Morgan fingerprint density at radius 1 is 1.07 bits per heavy atom. The van der Waals surface area contributed by atoms with Crippen molar-refractivity contribution in [2.45, 2.75) is 108 Å². The number of ether oxygens (including phenoxy) is 3. The number of carboxylic acid groups (broad SMARTS) is 1. The van der Waals surface area contributed by atoms with Gasteiger partial charge in [0.15, 0.2) is 6.29 Å². The minimum Gasteiger partial charge on any atom is -0.481 e. The highest BCUT2D eigenvalue weighted by Crippen LogP contribution is 2.25. The molecule has 0 radical (unpaired) electrons. The first-order chi connectivity index (χ1) is 14.0. The molecule has 7 atom stereocenters. The van der Waals surface area contributed by atoms with E-state index < -0.39 is 67.7 Å². The summed E-state index contributed by atoms with van der Waals surface area (Å²) < 4.78 is 16.3. The summed E-state index contributed by atoms with van der Waals surface area (Å²) in [6, 6.07) is 0. The van der Waals surface area contributed by atoms with Crippen molar-refractivity contribution in [2.75, 3.05) is 6.61 Å². The van der Waals surface area contributed by atoms with Gasteiger partial charge in [-0.2, -0.15) is 0 Å². The molecule has 1 heterocycles. The molecule has 0 spiro atoms. The summed E-state index contributed by atoms with van der Waals surface area (Å²) in [5, 5.41) is 49.1. The summed E-state index contributed by atoms with van der Waals surface area (Å²) in [6.07, 6.45) is -3.84. The molecule has 10 heteroatoms. The van der Waals surface area contributed by atoms with E-state index in [0.717, 1.165) is 25.7 Å². The van der Waals surface area contributed by atoms with Crippen molar-refractivity contribution in [2.24, 2.45) is 0 Å². The van der Waals surface area contributed by atoms with Crippen LogP contribution in [0.1, 0.15) is 65.7 Å². The SMILES string of the molecule is CCCCC[C@H](CC)O[C@@H]1O[C@H](COC(=O)C[C@@](C)(O)CC(=O)O)[C@@H](O)[C@H](O)[C@H]1O. The van der Waals surface area contributed by atoms with Crippen LogP contribution in [0.2, 0.25) is 0 Å². The van der Waals surface area contributed by atoms with E-state index in [4.69, 9.17) is 19.3 Å². The molecule has 1 aliphatic rings. The van der Waals surface area contributed by atoms with E-state index in [-0.39, 0.29) is 6.10 Å². The molecule has 10 nitrogen and oxygen atoms in total. The number of esters is 1. The fourth-order valence-electron chi connectivity index (χ4n) is 3.27. The number of aliphatic hydroxyl groups is 4. The summed E-state index contributed by atoms with van der Waals surface area (Å²) in [5.74, 6) is -2.15. The normalized spacial score (nSPS) is 29.8. The number of rotatable bonds is 13. The third kappa shape index (κ3) is 8.83. The molecule has 1 aliphatic heterocycles. The van der Waals surface area contributed by atoms with Crippen LogP contribution in [-0.4, -0.2) is 86.5 Å². The fourth-order valence-corrected chi connectivity index (χ4v) is 3.27. The maximum atomic E-state index is 11.9. The molecule has 0 aromatic heterocycles. The minimum absolute atomic E-state index is 0.201. The van der Waals surface area contributed by atoms with Crippen molar-refractivity contribution in [1.29, 1.82) is 0 Å². The lowest BCUT2D eigenvalue weighted by Gasteiger charge is -2.41. The van der Waals surface area contributed by atoms with Gasteiger partial charge in [0.2, 0.25) is 0 Å². The van der Waals surface area contributed by atoms with Crippen LogP contribution in [0.15, 0.2) is 0 Å². The van der Waals surface area contributed by atoms with Crippen LogP contribution in [0.4, 0.5) is 0 Å². The molecule has 0 aliphatic carbocycles. The van der Waals surface area contributed by atoms with Crippen LogP contribution in [0, 0.1) is 0 Å². The van der Waals surface area contributed by atoms with Gasteiger partial charge in [-0.3, -0.25) is 9.59 Å². The van der Waals surface area contributed by atoms with Crippen molar-refractivity contribution in [3.05, 3.63) is 0 Å². The molecule has 0 bridgehead atoms. The maximum Gasteiger partial charge on any atom is 0.308 e. The van der Waals surface area contributed by atoms with Gasteiger partial charge < -0.3 is 39.7 Å². The Labute approximate surface area is 176 Å². The standard InChI is InChI=1S/C20H36O10/c1-4-6-7-8-12(5-2)29-19-18(26)17(25)16(24)13(30-19)11-28-15(23)10-20(3,27)9-14(21)22/h12-13,16-19,24-27H,4-11H2,1-3H3,(H,21,22)/t12-,13+,16+,17-,18+,19+,20-/m0/s1. The highest BCUT2D eigenvalue weighted by Gasteiger charge is 2.45. The number of hydrogen-bond donors (Lipinski definition) is 5. The monoisotopic (exact) mass is 436 g/mol. The minimum atomic E-state index is -1.79. The van der Waals surface area contributed by atoms with E-state index in [2.05, 4.69) is 6.92 Å². The Kier molecular flexibility index (Phi) is 11.2. The second-order valence-electron chi connectivity index (χ2n) is 8.10. The first kappa shape index (κ1) is 26.7. The number of carbonyl (C=O) groups excluding carboxylic acids is 1. The summed E-state index contributed by atoms with van der Waals surface area (Å²) >= 11 is 0. The summed E-state index contributed by atoms with van der Waals surface area (Å²) in [4.78, 5) is 22.6. The van der Waals surface area contributed by atoms with Crippen LogP contribution >= 0.6 is 0 Å². The van der Waals surface area contributed by atoms with Gasteiger partial charge >= 0.3 is 11.9 Å². The molecule has 30 heavy (non-hydrogen) atoms. The predicted octanol–water partition coefficient (Wildman–Crippen LogP) is 0.329. The second-order valence-corrected chi connectivity index (χ2v) is 8.10. The fraction of sp³-hybridized carbons (Fsp3) is 0.900. The average Bonchev–Trinajstić information content (AvgIpc) is 2.64. The highest BCUT2D eigenvalue weighted by atomic mass is 16.7. The van der Waals surface area contributed by atoms with Crippen LogP contribution in [0.25, 0.3) is 0 Å². The Balaban J connectivity index is 2.64. The summed E-state index contributed by atoms with van der Waals surface area (Å²) in [5.41, 5.74) is -1.79. The van der Waals surface area contributed by atoms with Gasteiger partial charge in [-0.15, -0.1) is 0 Å². The lowest BCUT2D eigenvalue weighted by atomic mass is 9.98. The molecule has 1 fully saturated rings. The zero-order valence-corrected chi connectivity index (χ0v) is 17.9. The first-order valence-electron chi connectivity index (χ1n) is 10.5. The van der Waals surface area contributed by atoms with Crippen molar-refractivity contribution in [3.8, 4) is 0 Å². The Bertz CT molecular complexity index is 538. The van der Waals surface area contributed by atoms with Crippen LogP contribution in [0.3, 0.4) is 0 Å². The second kappa shape index (κ2) is 12.5. The first-order valence-corrected chi connectivity index (χ1v) is 10.5. The number of aliphatic carboxylic acids is 1. The third-order valence-corrected chi connectivity index (χ3v) is 5.05. The molecular weight excluding hydrogens is 400 g/mol. The van der Waals surface area contributed by atoms with Gasteiger partial charge in [0.1, 0.15) is 31.0 Å². The Morgan fingerprint density at radius 2 is 1.73 bits per heavy atom. The number of hydrogen-bond acceptors (Lipinski definition) is 9. The van der Waals surface area contributed by atoms with Gasteiger partial charge in [0.05, 0.1) is 24.5 Å². The quantitative estimate of drug-likeness (QED) is 0.201. The van der Waals surface area contributed by atoms with E-state index in [1.807, 2.05) is 6.92 Å². The van der Waals surface area contributed by atoms with Crippen molar-refractivity contribution in [3.63, 3.8) is 0 Å². The molecule has 0 saturated carbocycles. The molecule has 0 aromatic carbocycles. The molecule has 0 unspecified atom stereocenters. The number of unbranched alkanes of at least 4 members (excludes halogenated alkanes) is 2. The van der Waals surface area contributed by atoms with Crippen LogP contribution in [0.5, 0.6) is 0 Å². The van der Waals surface area contributed by atoms with E-state index in [1.165, 1.54) is 6.92 Å². The molecule has 5 N–H and O–H groups in total. The average molecular weight is 436 g/mol. The molecule has 0 aromatic rings. The van der Waals surface area contributed by atoms with E-state index >= 15 is 0 Å². The topological polar surface area (TPSA) is 163 Å². The number of carbonyl (C=O) groups is 2. The van der Waals surface area contributed by atoms with Gasteiger partial charge in [-0.25, -0.2) is 0 Å². The predicted molar refractivity (Wildman–Crippen MR) is 104 cm³/mol. The van der Waals surface area contributed by atoms with Crippen molar-refractivity contribution >= 4 is 11.9 Å². The number of aliphatic hydroxyl groups excluding tert-OH is 3. The maximum absolute atomic E-state index is 11.9. The van der Waals surface area contributed by atoms with E-state index in [9.17, 15) is 30.0 Å². The lowest BCUT2D eigenvalue weighted by molar-refractivity contribution is -0.312. The highest BCUT2D eigenvalue weighted by molar-refractivity contribution is 5.73. The lowest BCUT2D eigenvalue weighted by Crippen LogP contribution is -2.60. The van der Waals surface area contributed by atoms with Gasteiger partial charge in [-0.05, 0) is 19.8 Å². The molecule has 1 saturated heterocycles. The van der Waals surface area contributed by atoms with Crippen LogP contribution in [-0.2, 0) is 23.8 Å². The van der Waals surface area contributed by atoms with Crippen molar-refractivity contribution in [1.82, 2.24) is 0 Å². The van der Waals surface area contributed by atoms with E-state index in [1.54, 1.807) is 0 Å². The smallest absolute Gasteiger partial charge is 0.308 e. The molecular formula is C20H36O10. The zero-order chi connectivity index (χ0) is 22.9. The molecule has 0 amide bonds. The Morgan fingerprint density at radius 3 is 2.30 bits per heavy atom. The van der Waals surface area contributed by atoms with Crippen LogP contribution < -0.4 is 0 Å². The largest absolute Gasteiger partial charge is 0.481 e.